The van der Waals surface area contributed by atoms with Gasteiger partial charge in [-0.05, 0) is 18.6 Å². The van der Waals surface area contributed by atoms with Crippen LogP contribution >= 0.6 is 0 Å². The summed E-state index contributed by atoms with van der Waals surface area (Å²) in [6, 6.07) is 6.70. The molecule has 2 rings (SSSR count). The number of aliphatic imine (C=N–C) groups is 1. The lowest BCUT2D eigenvalue weighted by Gasteiger charge is -2.10. The van der Waals surface area contributed by atoms with Crippen LogP contribution < -0.4 is 9.47 Å². The minimum Gasteiger partial charge on any atom is -0.493 e. The maximum atomic E-state index is 11.2. The molecule has 0 amide bonds. The van der Waals surface area contributed by atoms with E-state index in [0.29, 0.717) is 30.0 Å². The van der Waals surface area contributed by atoms with E-state index in [1.165, 1.54) is 20.3 Å². The molecule has 0 radical (unpaired) electrons. The Labute approximate surface area is 133 Å². The van der Waals surface area contributed by atoms with E-state index in [-0.39, 0.29) is 5.69 Å². The quantitative estimate of drug-likeness (QED) is 0.445. The number of benzene rings is 1. The summed E-state index contributed by atoms with van der Waals surface area (Å²) in [4.78, 5) is 19.0. The number of nitro benzene ring substituents is 1. The van der Waals surface area contributed by atoms with Gasteiger partial charge in [-0.2, -0.15) is 0 Å². The Morgan fingerprint density at radius 1 is 1.30 bits per heavy atom. The number of methoxy groups -OCH3 is 2. The fourth-order valence-electron chi connectivity index (χ4n) is 2.09. The molecule has 7 nitrogen and oxygen atoms in total. The molecule has 0 aliphatic rings. The molecule has 0 aliphatic heterocycles. The third kappa shape index (κ3) is 4.26. The van der Waals surface area contributed by atoms with Gasteiger partial charge in [0.15, 0.2) is 11.5 Å². The predicted octanol–water partition coefficient (Wildman–Crippen LogP) is 2.67. The summed E-state index contributed by atoms with van der Waals surface area (Å²) in [5.74, 6) is 0.797. The first-order valence-corrected chi connectivity index (χ1v) is 6.95. The Hall–Kier alpha value is -2.96. The van der Waals surface area contributed by atoms with Gasteiger partial charge in [-0.15, -0.1) is 0 Å². The van der Waals surface area contributed by atoms with E-state index in [1.54, 1.807) is 24.7 Å². The zero-order valence-electron chi connectivity index (χ0n) is 12.9. The normalized spacial score (nSPS) is 10.7. The van der Waals surface area contributed by atoms with Crippen LogP contribution in [-0.2, 0) is 6.42 Å². The minimum absolute atomic E-state index is 0.000715. The fourth-order valence-corrected chi connectivity index (χ4v) is 2.09. The molecule has 0 atom stereocenters. The van der Waals surface area contributed by atoms with Crippen molar-refractivity contribution >= 4 is 11.9 Å². The van der Waals surface area contributed by atoms with Gasteiger partial charge in [0, 0.05) is 36.3 Å². The van der Waals surface area contributed by atoms with Crippen LogP contribution in [0, 0.1) is 10.1 Å². The highest BCUT2D eigenvalue weighted by Crippen LogP contribution is 2.34. The SMILES string of the molecule is COc1cc(CCN=Cc2cccnc2)c([N+](=O)[O-])cc1OC. The van der Waals surface area contributed by atoms with Gasteiger partial charge in [0.1, 0.15) is 0 Å². The van der Waals surface area contributed by atoms with Crippen LogP contribution in [0.3, 0.4) is 0 Å². The molecule has 0 spiro atoms. The highest BCUT2D eigenvalue weighted by atomic mass is 16.6. The molecule has 0 aliphatic carbocycles. The van der Waals surface area contributed by atoms with Crippen molar-refractivity contribution < 1.29 is 14.4 Å². The summed E-state index contributed by atoms with van der Waals surface area (Å²) in [6.45, 7) is 0.422. The number of nitro groups is 1. The molecule has 23 heavy (non-hydrogen) atoms. The molecule has 120 valence electrons. The number of nitrogens with zero attached hydrogens (tertiary/aromatic N) is 3. The van der Waals surface area contributed by atoms with Crippen LogP contribution in [0.2, 0.25) is 0 Å². The maximum Gasteiger partial charge on any atom is 0.276 e. The fraction of sp³-hybridized carbons (Fsp3) is 0.250. The molecule has 1 aromatic carbocycles. The monoisotopic (exact) mass is 315 g/mol. The molecule has 0 N–H and O–H groups in total. The molecule has 0 saturated carbocycles. The van der Waals surface area contributed by atoms with Gasteiger partial charge in [-0.3, -0.25) is 20.1 Å². The van der Waals surface area contributed by atoms with Gasteiger partial charge in [0.05, 0.1) is 25.2 Å². The minimum atomic E-state index is -0.428. The molecule has 2 aromatic rings. The predicted molar refractivity (Wildman–Crippen MR) is 86.6 cm³/mol. The molecular weight excluding hydrogens is 298 g/mol. The van der Waals surface area contributed by atoms with Crippen molar-refractivity contribution in [1.29, 1.82) is 0 Å². The van der Waals surface area contributed by atoms with Gasteiger partial charge in [-0.25, -0.2) is 0 Å². The van der Waals surface area contributed by atoms with Crippen molar-refractivity contribution in [1.82, 2.24) is 4.98 Å². The highest BCUT2D eigenvalue weighted by Gasteiger charge is 2.18. The van der Waals surface area contributed by atoms with Gasteiger partial charge in [0.2, 0.25) is 0 Å². The highest BCUT2D eigenvalue weighted by molar-refractivity contribution is 5.78. The zero-order valence-corrected chi connectivity index (χ0v) is 12.9. The summed E-state index contributed by atoms with van der Waals surface area (Å²) in [5, 5.41) is 11.2. The Balaban J connectivity index is 2.15. The molecule has 1 aromatic heterocycles. The molecular formula is C16H17N3O4. The number of aromatic nitrogens is 1. The smallest absolute Gasteiger partial charge is 0.276 e. The number of hydrogen-bond donors (Lipinski definition) is 0. The van der Waals surface area contributed by atoms with E-state index in [0.717, 1.165) is 5.56 Å². The van der Waals surface area contributed by atoms with Crippen molar-refractivity contribution in [3.05, 3.63) is 57.9 Å². The average molecular weight is 315 g/mol. The maximum absolute atomic E-state index is 11.2. The lowest BCUT2D eigenvalue weighted by Crippen LogP contribution is -2.01. The zero-order chi connectivity index (χ0) is 16.7. The molecule has 0 fully saturated rings. The van der Waals surface area contributed by atoms with E-state index in [9.17, 15) is 10.1 Å². The third-order valence-corrected chi connectivity index (χ3v) is 3.22. The van der Waals surface area contributed by atoms with E-state index in [4.69, 9.17) is 9.47 Å². The second kappa shape index (κ2) is 7.88. The van der Waals surface area contributed by atoms with Crippen molar-refractivity contribution in [2.45, 2.75) is 6.42 Å². The Morgan fingerprint density at radius 3 is 2.65 bits per heavy atom. The van der Waals surface area contributed by atoms with Gasteiger partial charge >= 0.3 is 0 Å². The third-order valence-electron chi connectivity index (χ3n) is 3.22. The first-order valence-electron chi connectivity index (χ1n) is 6.95. The van der Waals surface area contributed by atoms with Crippen LogP contribution in [0.15, 0.2) is 41.7 Å². The second-order valence-electron chi connectivity index (χ2n) is 4.66. The van der Waals surface area contributed by atoms with Gasteiger partial charge in [0.25, 0.3) is 5.69 Å². The standard InChI is InChI=1S/C16H17N3O4/c1-22-15-8-13(14(19(20)21)9-16(15)23-2)5-7-18-11-12-4-3-6-17-10-12/h3-4,6,8-11H,5,7H2,1-2H3. The van der Waals surface area contributed by atoms with Gasteiger partial charge in [-0.1, -0.05) is 6.07 Å². The van der Waals surface area contributed by atoms with Crippen molar-refractivity contribution in [3.8, 4) is 11.5 Å². The van der Waals surface area contributed by atoms with Crippen LogP contribution in [0.1, 0.15) is 11.1 Å². The van der Waals surface area contributed by atoms with Crippen LogP contribution in [0.25, 0.3) is 0 Å². The lowest BCUT2D eigenvalue weighted by atomic mass is 10.1. The Kier molecular flexibility index (Phi) is 5.62. The summed E-state index contributed by atoms with van der Waals surface area (Å²) >= 11 is 0. The number of rotatable bonds is 7. The van der Waals surface area contributed by atoms with Crippen molar-refractivity contribution in [2.24, 2.45) is 4.99 Å². The molecule has 0 saturated heterocycles. The summed E-state index contributed by atoms with van der Waals surface area (Å²) < 4.78 is 10.3. The molecule has 7 heteroatoms. The van der Waals surface area contributed by atoms with Crippen LogP contribution in [0.5, 0.6) is 11.5 Å². The topological polar surface area (TPSA) is 86.9 Å². The van der Waals surface area contributed by atoms with Crippen LogP contribution in [0.4, 0.5) is 5.69 Å². The number of ether oxygens (including phenoxy) is 2. The Morgan fingerprint density at radius 2 is 2.04 bits per heavy atom. The van der Waals surface area contributed by atoms with Crippen LogP contribution in [-0.4, -0.2) is 36.9 Å². The lowest BCUT2D eigenvalue weighted by molar-refractivity contribution is -0.385. The van der Waals surface area contributed by atoms with Gasteiger partial charge < -0.3 is 9.47 Å². The molecule has 0 unspecified atom stereocenters. The Bertz CT molecular complexity index is 702. The molecule has 0 bridgehead atoms. The van der Waals surface area contributed by atoms with Crippen molar-refractivity contribution in [3.63, 3.8) is 0 Å². The van der Waals surface area contributed by atoms with E-state index < -0.39 is 4.92 Å². The average Bonchev–Trinajstić information content (AvgIpc) is 2.58. The second-order valence-corrected chi connectivity index (χ2v) is 4.66. The van der Waals surface area contributed by atoms with E-state index >= 15 is 0 Å². The molecule has 1 heterocycles. The first-order chi connectivity index (χ1) is 11.2. The van der Waals surface area contributed by atoms with E-state index in [2.05, 4.69) is 9.98 Å². The summed E-state index contributed by atoms with van der Waals surface area (Å²) in [7, 11) is 2.94. The summed E-state index contributed by atoms with van der Waals surface area (Å²) in [5.41, 5.74) is 1.43. The largest absolute Gasteiger partial charge is 0.493 e. The van der Waals surface area contributed by atoms with Crippen molar-refractivity contribution in [2.75, 3.05) is 20.8 Å². The number of hydrogen-bond acceptors (Lipinski definition) is 6. The number of pyridine rings is 1. The first kappa shape index (κ1) is 16.4. The van der Waals surface area contributed by atoms with E-state index in [1.807, 2.05) is 12.1 Å². The summed E-state index contributed by atoms with van der Waals surface area (Å²) in [6.07, 6.45) is 5.50.